The summed E-state index contributed by atoms with van der Waals surface area (Å²) >= 11 is 0. The molecule has 0 amide bonds. The quantitative estimate of drug-likeness (QED) is 0.610. The summed E-state index contributed by atoms with van der Waals surface area (Å²) in [6, 6.07) is 3.17. The molecule has 1 aromatic rings. The van der Waals surface area contributed by atoms with E-state index in [4.69, 9.17) is 10.3 Å². The van der Waals surface area contributed by atoms with Gasteiger partial charge in [-0.25, -0.2) is 0 Å². The Kier molecular flexibility index (Phi) is 3.36. The Morgan fingerprint density at radius 3 is 1.87 bits per heavy atom. The first-order valence-corrected chi connectivity index (χ1v) is 6.22. The minimum absolute atomic E-state index is 0.0155. The van der Waals surface area contributed by atoms with Crippen molar-refractivity contribution < 1.29 is 13.0 Å². The Balaban J connectivity index is 3.59. The monoisotopic (exact) mass is 229 g/mol. The van der Waals surface area contributed by atoms with Crippen molar-refractivity contribution in [1.29, 1.82) is 0 Å². The lowest BCUT2D eigenvalue weighted by molar-refractivity contribution is 0.481. The zero-order valence-electron chi connectivity index (χ0n) is 8.82. The normalized spacial score (nSPS) is 11.7. The summed E-state index contributed by atoms with van der Waals surface area (Å²) in [6.07, 6.45) is 1.04. The average molecular weight is 229 g/mol. The lowest BCUT2D eigenvalue weighted by Crippen LogP contribution is -2.08. The molecule has 0 saturated carbocycles. The molecule has 3 N–H and O–H groups in total. The molecule has 0 bridgehead atoms. The molecule has 15 heavy (non-hydrogen) atoms. The molecule has 5 heteroatoms. The fourth-order valence-corrected chi connectivity index (χ4v) is 2.71. The van der Waals surface area contributed by atoms with Crippen molar-refractivity contribution in [1.82, 2.24) is 0 Å². The molecule has 0 aliphatic rings. The number of nitrogens with two attached hydrogens (primary N) is 1. The van der Waals surface area contributed by atoms with Gasteiger partial charge in [0.25, 0.3) is 10.1 Å². The van der Waals surface area contributed by atoms with E-state index in [-0.39, 0.29) is 4.90 Å². The molecule has 84 valence electrons. The summed E-state index contributed by atoms with van der Waals surface area (Å²) in [5.74, 6) is 0. The van der Waals surface area contributed by atoms with E-state index < -0.39 is 10.1 Å². The molecule has 0 aliphatic heterocycles. The van der Waals surface area contributed by atoms with Crippen LogP contribution in [0.1, 0.15) is 25.0 Å². The smallest absolute Gasteiger partial charge is 0.295 e. The molecule has 0 spiro atoms. The van der Waals surface area contributed by atoms with Crippen LogP contribution in [0, 0.1) is 0 Å². The number of benzene rings is 1. The van der Waals surface area contributed by atoms with Crippen LogP contribution in [-0.4, -0.2) is 13.0 Å². The fourth-order valence-electron chi connectivity index (χ4n) is 1.64. The van der Waals surface area contributed by atoms with Gasteiger partial charge in [0.05, 0.1) is 0 Å². The van der Waals surface area contributed by atoms with Crippen molar-refractivity contribution >= 4 is 15.8 Å². The minimum Gasteiger partial charge on any atom is -0.399 e. The van der Waals surface area contributed by atoms with Gasteiger partial charge in [-0.15, -0.1) is 0 Å². The van der Waals surface area contributed by atoms with E-state index >= 15 is 0 Å². The van der Waals surface area contributed by atoms with Gasteiger partial charge in [0.2, 0.25) is 0 Å². The second kappa shape index (κ2) is 4.20. The molecule has 1 rings (SSSR count). The van der Waals surface area contributed by atoms with Crippen LogP contribution in [0.5, 0.6) is 0 Å². The van der Waals surface area contributed by atoms with Crippen molar-refractivity contribution in [3.63, 3.8) is 0 Å². The first-order valence-electron chi connectivity index (χ1n) is 4.78. The number of anilines is 1. The summed E-state index contributed by atoms with van der Waals surface area (Å²) in [4.78, 5) is 0.0155. The van der Waals surface area contributed by atoms with Crippen LogP contribution in [0.25, 0.3) is 0 Å². The Bertz CT molecular complexity index is 441. The van der Waals surface area contributed by atoms with Gasteiger partial charge in [-0.1, -0.05) is 13.8 Å². The van der Waals surface area contributed by atoms with Gasteiger partial charge < -0.3 is 5.73 Å². The summed E-state index contributed by atoms with van der Waals surface area (Å²) in [7, 11) is -4.16. The molecule has 4 nitrogen and oxygen atoms in total. The molecule has 0 atom stereocenters. The highest BCUT2D eigenvalue weighted by atomic mass is 32.2. The third-order valence-corrected chi connectivity index (χ3v) is 3.33. The summed E-state index contributed by atoms with van der Waals surface area (Å²) in [6.45, 7) is 3.64. The minimum atomic E-state index is -4.16. The molecular formula is C10H15NO3S. The topological polar surface area (TPSA) is 80.4 Å². The van der Waals surface area contributed by atoms with Crippen LogP contribution in [0.4, 0.5) is 5.69 Å². The largest absolute Gasteiger partial charge is 0.399 e. The highest BCUT2D eigenvalue weighted by Crippen LogP contribution is 2.25. The number of hydrogen-bond donors (Lipinski definition) is 2. The molecule has 0 aliphatic carbocycles. The van der Waals surface area contributed by atoms with Gasteiger partial charge in [0.15, 0.2) is 0 Å². The fraction of sp³-hybridized carbons (Fsp3) is 0.400. The van der Waals surface area contributed by atoms with Gasteiger partial charge in [-0.05, 0) is 36.1 Å². The second-order valence-electron chi connectivity index (χ2n) is 3.35. The zero-order valence-corrected chi connectivity index (χ0v) is 9.63. The maximum atomic E-state index is 11.2. The number of hydrogen-bond acceptors (Lipinski definition) is 3. The van der Waals surface area contributed by atoms with Crippen LogP contribution >= 0.6 is 0 Å². The summed E-state index contributed by atoms with van der Waals surface area (Å²) < 4.78 is 31.6. The predicted octanol–water partition coefficient (Wildman–Crippen LogP) is 1.64. The van der Waals surface area contributed by atoms with E-state index in [1.54, 1.807) is 12.1 Å². The van der Waals surface area contributed by atoms with E-state index in [1.165, 1.54) is 0 Å². The second-order valence-corrected chi connectivity index (χ2v) is 4.71. The van der Waals surface area contributed by atoms with E-state index in [0.717, 1.165) is 0 Å². The Morgan fingerprint density at radius 1 is 1.20 bits per heavy atom. The van der Waals surface area contributed by atoms with Gasteiger partial charge in [0, 0.05) is 5.69 Å². The Labute approximate surface area is 89.9 Å². The van der Waals surface area contributed by atoms with Crippen LogP contribution < -0.4 is 5.73 Å². The molecular weight excluding hydrogens is 214 g/mol. The van der Waals surface area contributed by atoms with E-state index in [1.807, 2.05) is 13.8 Å². The zero-order chi connectivity index (χ0) is 11.6. The SMILES string of the molecule is CCc1cc(N)cc(CC)c1S(=O)(=O)O. The van der Waals surface area contributed by atoms with Crippen molar-refractivity contribution in [2.24, 2.45) is 0 Å². The Morgan fingerprint density at radius 2 is 1.60 bits per heavy atom. The van der Waals surface area contributed by atoms with Crippen LogP contribution in [0.2, 0.25) is 0 Å². The van der Waals surface area contributed by atoms with Gasteiger partial charge in [-0.2, -0.15) is 8.42 Å². The molecule has 0 aromatic heterocycles. The van der Waals surface area contributed by atoms with Gasteiger partial charge in [-0.3, -0.25) is 4.55 Å². The molecule has 0 saturated heterocycles. The number of rotatable bonds is 3. The third-order valence-electron chi connectivity index (χ3n) is 2.28. The maximum Gasteiger partial charge on any atom is 0.295 e. The average Bonchev–Trinajstić information content (AvgIpc) is 2.14. The van der Waals surface area contributed by atoms with Crippen LogP contribution in [0.15, 0.2) is 17.0 Å². The first-order chi connectivity index (χ1) is 6.90. The highest BCUT2D eigenvalue weighted by Gasteiger charge is 2.19. The predicted molar refractivity (Wildman–Crippen MR) is 59.4 cm³/mol. The van der Waals surface area contributed by atoms with Gasteiger partial charge in [0.1, 0.15) is 4.90 Å². The Hall–Kier alpha value is -1.07. The number of nitrogen functional groups attached to an aromatic ring is 1. The van der Waals surface area contributed by atoms with Crippen molar-refractivity contribution in [2.45, 2.75) is 31.6 Å². The molecule has 0 unspecified atom stereocenters. The van der Waals surface area contributed by atoms with Crippen LogP contribution in [0.3, 0.4) is 0 Å². The third kappa shape index (κ3) is 2.49. The van der Waals surface area contributed by atoms with E-state index in [0.29, 0.717) is 29.7 Å². The van der Waals surface area contributed by atoms with E-state index in [2.05, 4.69) is 0 Å². The van der Waals surface area contributed by atoms with Gasteiger partial charge >= 0.3 is 0 Å². The van der Waals surface area contributed by atoms with Crippen molar-refractivity contribution in [2.75, 3.05) is 5.73 Å². The number of aryl methyl sites for hydroxylation is 2. The maximum absolute atomic E-state index is 11.2. The lowest BCUT2D eigenvalue weighted by Gasteiger charge is -2.11. The molecule has 1 aromatic carbocycles. The molecule has 0 heterocycles. The standard InChI is InChI=1S/C10H15NO3S/c1-3-7-5-9(11)6-8(4-2)10(7)15(12,13)14/h5-6H,3-4,11H2,1-2H3,(H,12,13,14). The summed E-state index contributed by atoms with van der Waals surface area (Å²) in [5.41, 5.74) is 7.30. The summed E-state index contributed by atoms with van der Waals surface area (Å²) in [5, 5.41) is 0. The lowest BCUT2D eigenvalue weighted by atomic mass is 10.1. The molecule has 0 radical (unpaired) electrons. The van der Waals surface area contributed by atoms with Crippen molar-refractivity contribution in [3.05, 3.63) is 23.3 Å². The van der Waals surface area contributed by atoms with E-state index in [9.17, 15) is 8.42 Å². The first kappa shape index (κ1) is 12.0. The molecule has 0 fully saturated rings. The van der Waals surface area contributed by atoms with Crippen molar-refractivity contribution in [3.8, 4) is 0 Å². The van der Waals surface area contributed by atoms with Crippen LogP contribution in [-0.2, 0) is 23.0 Å². The highest BCUT2D eigenvalue weighted by molar-refractivity contribution is 7.86.